The van der Waals surface area contributed by atoms with E-state index in [1.807, 2.05) is 18.2 Å². The monoisotopic (exact) mass is 396 g/mol. The lowest BCUT2D eigenvalue weighted by Gasteiger charge is -2.24. The minimum atomic E-state index is -1.33. The summed E-state index contributed by atoms with van der Waals surface area (Å²) in [6, 6.07) is 5.74. The number of pyridine rings is 2. The fourth-order valence-corrected chi connectivity index (χ4v) is 3.95. The van der Waals surface area contributed by atoms with Crippen molar-refractivity contribution in [1.29, 1.82) is 0 Å². The Kier molecular flexibility index (Phi) is 6.62. The van der Waals surface area contributed by atoms with Crippen LogP contribution < -0.4 is 0 Å². The first-order chi connectivity index (χ1) is 14.1. The second-order valence-corrected chi connectivity index (χ2v) is 7.28. The number of nitrogens with zero attached hydrogens (tertiary/aromatic N) is 2. The van der Waals surface area contributed by atoms with E-state index in [1.165, 1.54) is 0 Å². The van der Waals surface area contributed by atoms with E-state index in [0.717, 1.165) is 47.3 Å². The van der Waals surface area contributed by atoms with Crippen LogP contribution in [-0.2, 0) is 38.3 Å². The summed E-state index contributed by atoms with van der Waals surface area (Å²) in [5.74, 6) is -1.04. The lowest BCUT2D eigenvalue weighted by atomic mass is 9.84. The van der Waals surface area contributed by atoms with E-state index in [1.54, 1.807) is 26.2 Å². The number of rotatable bonds is 8. The fourth-order valence-electron chi connectivity index (χ4n) is 3.95. The van der Waals surface area contributed by atoms with Gasteiger partial charge in [-0.1, -0.05) is 19.4 Å². The predicted molar refractivity (Wildman–Crippen MR) is 109 cm³/mol. The van der Waals surface area contributed by atoms with Crippen LogP contribution in [0.5, 0.6) is 0 Å². The Morgan fingerprint density at radius 1 is 1.03 bits per heavy atom. The predicted octanol–water partition coefficient (Wildman–Crippen LogP) is 3.70. The third kappa shape index (κ3) is 4.02. The van der Waals surface area contributed by atoms with E-state index in [4.69, 9.17) is 9.47 Å². The smallest absolute Gasteiger partial charge is 0.324 e. The van der Waals surface area contributed by atoms with E-state index < -0.39 is 17.4 Å². The summed E-state index contributed by atoms with van der Waals surface area (Å²) in [7, 11) is 0. The van der Waals surface area contributed by atoms with Crippen LogP contribution in [-0.4, -0.2) is 35.1 Å². The molecule has 0 radical (unpaired) electrons. The highest BCUT2D eigenvalue weighted by Crippen LogP contribution is 2.43. The molecule has 2 heterocycles. The van der Waals surface area contributed by atoms with Crippen molar-refractivity contribution < 1.29 is 19.1 Å². The Morgan fingerprint density at radius 2 is 1.76 bits per heavy atom. The molecule has 2 aromatic rings. The lowest BCUT2D eigenvalue weighted by Crippen LogP contribution is -2.43. The first-order valence-electron chi connectivity index (χ1n) is 10.3. The van der Waals surface area contributed by atoms with Gasteiger partial charge in [0.2, 0.25) is 0 Å². The van der Waals surface area contributed by atoms with Gasteiger partial charge in [-0.15, -0.1) is 0 Å². The molecule has 0 fully saturated rings. The maximum absolute atomic E-state index is 12.9. The maximum atomic E-state index is 12.9. The second-order valence-electron chi connectivity index (χ2n) is 7.28. The Morgan fingerprint density at radius 3 is 2.34 bits per heavy atom. The van der Waals surface area contributed by atoms with Gasteiger partial charge in [0.05, 0.1) is 24.6 Å². The van der Waals surface area contributed by atoms with Crippen LogP contribution in [0.25, 0.3) is 11.4 Å². The number of aromatic nitrogens is 2. The molecule has 0 unspecified atom stereocenters. The van der Waals surface area contributed by atoms with Crippen molar-refractivity contribution >= 4 is 11.9 Å². The normalized spacial score (nSPS) is 14.3. The molecule has 0 aromatic carbocycles. The van der Waals surface area contributed by atoms with Crippen LogP contribution >= 0.6 is 0 Å². The molecule has 0 bridgehead atoms. The number of esters is 2. The highest BCUT2D eigenvalue weighted by atomic mass is 16.6. The summed E-state index contributed by atoms with van der Waals surface area (Å²) in [5, 5.41) is 0. The van der Waals surface area contributed by atoms with Gasteiger partial charge in [-0.05, 0) is 55.5 Å². The van der Waals surface area contributed by atoms with Crippen molar-refractivity contribution in [2.45, 2.75) is 52.9 Å². The van der Waals surface area contributed by atoms with E-state index in [9.17, 15) is 9.59 Å². The highest BCUT2D eigenvalue weighted by Gasteiger charge is 2.53. The maximum Gasteiger partial charge on any atom is 0.324 e. The number of fused-ring (bicyclic) bond motifs is 1. The van der Waals surface area contributed by atoms with Gasteiger partial charge >= 0.3 is 11.9 Å². The van der Waals surface area contributed by atoms with Crippen molar-refractivity contribution in [3.05, 3.63) is 47.3 Å². The van der Waals surface area contributed by atoms with Crippen LogP contribution in [0, 0.1) is 5.41 Å². The summed E-state index contributed by atoms with van der Waals surface area (Å²) in [4.78, 5) is 34.9. The van der Waals surface area contributed by atoms with E-state index in [0.29, 0.717) is 0 Å². The van der Waals surface area contributed by atoms with Crippen LogP contribution in [0.4, 0.5) is 0 Å². The molecule has 6 nitrogen and oxygen atoms in total. The van der Waals surface area contributed by atoms with Crippen LogP contribution in [0.3, 0.4) is 0 Å². The van der Waals surface area contributed by atoms with Crippen molar-refractivity contribution in [2.24, 2.45) is 5.41 Å². The Hall–Kier alpha value is -2.76. The van der Waals surface area contributed by atoms with Crippen LogP contribution in [0.2, 0.25) is 0 Å². The molecule has 0 amide bonds. The molecule has 0 saturated carbocycles. The van der Waals surface area contributed by atoms with E-state index >= 15 is 0 Å². The SMILES string of the molecule is CCCCc1c(-c2ccccn2)ncc2c1CC(C(=O)OCC)(C(=O)OCC)C2. The molecule has 0 atom stereocenters. The minimum Gasteiger partial charge on any atom is -0.465 e. The summed E-state index contributed by atoms with van der Waals surface area (Å²) < 4.78 is 10.6. The van der Waals surface area contributed by atoms with Gasteiger partial charge in [-0.25, -0.2) is 0 Å². The molecule has 1 aliphatic carbocycles. The number of carbonyl (C=O) groups excluding carboxylic acids is 2. The van der Waals surface area contributed by atoms with Crippen LogP contribution in [0.15, 0.2) is 30.6 Å². The molecule has 0 N–H and O–H groups in total. The van der Waals surface area contributed by atoms with Gasteiger partial charge in [-0.3, -0.25) is 19.6 Å². The molecular weight excluding hydrogens is 368 g/mol. The Balaban J connectivity index is 2.09. The summed E-state index contributed by atoms with van der Waals surface area (Å²) in [6.45, 7) is 6.06. The quantitative estimate of drug-likeness (QED) is 0.500. The number of hydrogen-bond acceptors (Lipinski definition) is 6. The van der Waals surface area contributed by atoms with Gasteiger partial charge in [0, 0.05) is 25.2 Å². The minimum absolute atomic E-state index is 0.219. The largest absolute Gasteiger partial charge is 0.465 e. The van der Waals surface area contributed by atoms with Gasteiger partial charge in [0.1, 0.15) is 0 Å². The van der Waals surface area contributed by atoms with Crippen molar-refractivity contribution in [3.8, 4) is 11.4 Å². The molecule has 154 valence electrons. The van der Waals surface area contributed by atoms with Gasteiger partial charge < -0.3 is 9.47 Å². The number of carbonyl (C=O) groups is 2. The molecule has 3 rings (SSSR count). The van der Waals surface area contributed by atoms with Crippen LogP contribution in [0.1, 0.15) is 50.3 Å². The highest BCUT2D eigenvalue weighted by molar-refractivity contribution is 6.01. The third-order valence-electron chi connectivity index (χ3n) is 5.38. The van der Waals surface area contributed by atoms with Crippen molar-refractivity contribution in [1.82, 2.24) is 9.97 Å². The zero-order chi connectivity index (χ0) is 20.9. The van der Waals surface area contributed by atoms with E-state index in [2.05, 4.69) is 16.9 Å². The van der Waals surface area contributed by atoms with Gasteiger partial charge in [-0.2, -0.15) is 0 Å². The standard InChI is InChI=1S/C23H28N2O4/c1-4-7-10-17-18-14-23(21(26)28-5-2,22(27)29-6-3)13-16(18)15-25-20(17)19-11-8-9-12-24-19/h8-9,11-12,15H,4-7,10,13-14H2,1-3H3. The average molecular weight is 396 g/mol. The first kappa shape index (κ1) is 21.0. The molecule has 0 aliphatic heterocycles. The molecule has 1 aliphatic rings. The number of ether oxygens (including phenoxy) is 2. The topological polar surface area (TPSA) is 78.4 Å². The zero-order valence-electron chi connectivity index (χ0n) is 17.4. The molecule has 2 aromatic heterocycles. The fraction of sp³-hybridized carbons (Fsp3) is 0.478. The number of hydrogen-bond donors (Lipinski definition) is 0. The summed E-state index contributed by atoms with van der Waals surface area (Å²) in [6.07, 6.45) is 6.90. The average Bonchev–Trinajstić information content (AvgIpc) is 3.14. The Labute approximate surface area is 171 Å². The van der Waals surface area contributed by atoms with Gasteiger partial charge in [0.15, 0.2) is 5.41 Å². The Bertz CT molecular complexity index is 862. The first-order valence-corrected chi connectivity index (χ1v) is 10.3. The van der Waals surface area contributed by atoms with Gasteiger partial charge in [0.25, 0.3) is 0 Å². The third-order valence-corrected chi connectivity index (χ3v) is 5.38. The zero-order valence-corrected chi connectivity index (χ0v) is 17.4. The summed E-state index contributed by atoms with van der Waals surface area (Å²) in [5.41, 5.74) is 3.28. The molecular formula is C23H28N2O4. The second kappa shape index (κ2) is 9.16. The molecule has 0 saturated heterocycles. The van der Waals surface area contributed by atoms with Crippen molar-refractivity contribution in [2.75, 3.05) is 13.2 Å². The molecule has 29 heavy (non-hydrogen) atoms. The molecule has 0 spiro atoms. The van der Waals surface area contributed by atoms with E-state index in [-0.39, 0.29) is 26.1 Å². The number of unbranched alkanes of at least 4 members (excludes halogenated alkanes) is 1. The lowest BCUT2D eigenvalue weighted by molar-refractivity contribution is -0.171. The summed E-state index contributed by atoms with van der Waals surface area (Å²) >= 11 is 0. The van der Waals surface area contributed by atoms with Crippen molar-refractivity contribution in [3.63, 3.8) is 0 Å². The molecule has 6 heteroatoms.